The van der Waals surface area contributed by atoms with Gasteiger partial charge in [-0.05, 0) is 31.1 Å². The third kappa shape index (κ3) is 8.59. The second-order valence-corrected chi connectivity index (χ2v) is 9.08. The summed E-state index contributed by atoms with van der Waals surface area (Å²) in [5.41, 5.74) is 0. The average molecular weight is 391 g/mol. The molecule has 0 radical (unpaired) electrons. The predicted molar refractivity (Wildman–Crippen MR) is 106 cm³/mol. The lowest BCUT2D eigenvalue weighted by Crippen LogP contribution is -2.28. The molecule has 0 heterocycles. The second-order valence-electron chi connectivity index (χ2n) is 7.87. The molecule has 1 saturated carbocycles. The van der Waals surface area contributed by atoms with Crippen molar-refractivity contribution >= 4 is 17.7 Å². The van der Waals surface area contributed by atoms with Gasteiger partial charge >= 0.3 is 5.97 Å². The Morgan fingerprint density at radius 2 is 1.81 bits per heavy atom. The number of hydrogen-bond donors (Lipinski definition) is 4. The van der Waals surface area contributed by atoms with Gasteiger partial charge in [-0.3, -0.25) is 4.79 Å². The van der Waals surface area contributed by atoms with E-state index in [1.54, 1.807) is 11.8 Å². The van der Waals surface area contributed by atoms with Gasteiger partial charge in [0.05, 0.1) is 18.3 Å². The Morgan fingerprint density at radius 1 is 1.12 bits per heavy atom. The Kier molecular flexibility index (Phi) is 11.8. The molecule has 6 atom stereocenters. The highest BCUT2D eigenvalue weighted by Gasteiger charge is 2.41. The van der Waals surface area contributed by atoms with Crippen LogP contribution >= 0.6 is 11.8 Å². The third-order valence-corrected chi connectivity index (χ3v) is 7.17. The molecule has 0 amide bonds. The number of thioether (sulfide) groups is 1. The molecule has 1 rings (SSSR count). The molecule has 1 aliphatic carbocycles. The van der Waals surface area contributed by atoms with Crippen molar-refractivity contribution in [3.8, 4) is 0 Å². The minimum atomic E-state index is -0.748. The first-order valence-electron chi connectivity index (χ1n) is 10.2. The molecule has 1 fully saturated rings. The van der Waals surface area contributed by atoms with Gasteiger partial charge in [0.15, 0.2) is 0 Å². The molecule has 154 valence electrons. The molecular weight excluding hydrogens is 352 g/mol. The molecule has 26 heavy (non-hydrogen) atoms. The monoisotopic (exact) mass is 390 g/mol. The van der Waals surface area contributed by atoms with Gasteiger partial charge in [0.25, 0.3) is 0 Å². The lowest BCUT2D eigenvalue weighted by Gasteiger charge is -2.26. The topological polar surface area (TPSA) is 98.0 Å². The molecule has 0 aromatic rings. The summed E-state index contributed by atoms with van der Waals surface area (Å²) in [6.45, 7) is 4.23. The first-order valence-corrected chi connectivity index (χ1v) is 11.3. The molecule has 0 saturated heterocycles. The zero-order valence-electron chi connectivity index (χ0n) is 16.3. The van der Waals surface area contributed by atoms with Crippen LogP contribution in [-0.4, -0.2) is 55.7 Å². The van der Waals surface area contributed by atoms with Crippen LogP contribution in [0.2, 0.25) is 0 Å². The third-order valence-electron chi connectivity index (χ3n) is 5.59. The lowest BCUT2D eigenvalue weighted by atomic mass is 9.97. The lowest BCUT2D eigenvalue weighted by molar-refractivity contribution is -0.137. The zero-order chi connectivity index (χ0) is 19.5. The van der Waals surface area contributed by atoms with Gasteiger partial charge in [0.2, 0.25) is 0 Å². The molecule has 1 aliphatic rings. The molecule has 0 aliphatic heterocycles. The van der Waals surface area contributed by atoms with E-state index in [9.17, 15) is 20.1 Å². The summed E-state index contributed by atoms with van der Waals surface area (Å²) in [7, 11) is 0. The van der Waals surface area contributed by atoms with Crippen molar-refractivity contribution in [2.45, 2.75) is 102 Å². The summed E-state index contributed by atoms with van der Waals surface area (Å²) in [6.07, 6.45) is 6.91. The predicted octanol–water partition coefficient (Wildman–Crippen LogP) is 3.44. The van der Waals surface area contributed by atoms with Crippen molar-refractivity contribution in [3.63, 3.8) is 0 Å². The van der Waals surface area contributed by atoms with Crippen molar-refractivity contribution in [3.05, 3.63) is 0 Å². The number of carbonyl (C=O) groups is 1. The smallest absolute Gasteiger partial charge is 0.303 e. The van der Waals surface area contributed by atoms with Crippen LogP contribution in [0.5, 0.6) is 0 Å². The van der Waals surface area contributed by atoms with E-state index in [1.165, 1.54) is 0 Å². The zero-order valence-corrected chi connectivity index (χ0v) is 17.2. The van der Waals surface area contributed by atoms with Crippen LogP contribution in [0.4, 0.5) is 0 Å². The van der Waals surface area contributed by atoms with E-state index in [-0.39, 0.29) is 29.6 Å². The molecule has 0 aromatic carbocycles. The summed E-state index contributed by atoms with van der Waals surface area (Å²) in [6, 6.07) is 0. The highest BCUT2D eigenvalue weighted by molar-refractivity contribution is 8.00. The van der Waals surface area contributed by atoms with Gasteiger partial charge in [-0.15, -0.1) is 0 Å². The molecule has 4 N–H and O–H groups in total. The minimum Gasteiger partial charge on any atom is -0.481 e. The maximum atomic E-state index is 10.5. The molecule has 0 spiro atoms. The summed E-state index contributed by atoms with van der Waals surface area (Å²) < 4.78 is 0. The standard InChI is InChI=1S/C20H38O5S/c1-3-4-9-14(2)18(23)13-26-20-15(16(21)12-17(20)22)10-7-5-6-8-11-19(24)25/h14-18,20-23H,3-13H2,1-2H3,(H,24,25)/t14?,15-,16?,17?,18?,20+/m0/s1. The normalized spacial score (nSPS) is 28.2. The molecule has 6 heteroatoms. The number of unbranched alkanes of at least 4 members (excludes halogenated alkanes) is 4. The van der Waals surface area contributed by atoms with Crippen LogP contribution in [-0.2, 0) is 4.79 Å². The SMILES string of the molecule is CCCCC(C)C(O)CS[C@H]1C(O)CC(O)[C@@H]1CCCCCCC(=O)O. The van der Waals surface area contributed by atoms with E-state index >= 15 is 0 Å². The number of carboxylic acids is 1. The van der Waals surface area contributed by atoms with Crippen LogP contribution in [0.25, 0.3) is 0 Å². The molecule has 0 aromatic heterocycles. The van der Waals surface area contributed by atoms with E-state index in [0.717, 1.165) is 44.9 Å². The van der Waals surface area contributed by atoms with Gasteiger partial charge in [-0.2, -0.15) is 11.8 Å². The van der Waals surface area contributed by atoms with Crippen LogP contribution < -0.4 is 0 Å². The molecule has 4 unspecified atom stereocenters. The number of rotatable bonds is 14. The van der Waals surface area contributed by atoms with Gasteiger partial charge < -0.3 is 20.4 Å². The Morgan fingerprint density at radius 3 is 2.46 bits per heavy atom. The van der Waals surface area contributed by atoms with Crippen molar-refractivity contribution in [1.29, 1.82) is 0 Å². The Bertz CT molecular complexity index is 392. The number of carboxylic acid groups (broad SMARTS) is 1. The summed E-state index contributed by atoms with van der Waals surface area (Å²) in [4.78, 5) is 10.5. The maximum absolute atomic E-state index is 10.5. The fraction of sp³-hybridized carbons (Fsp3) is 0.950. The van der Waals surface area contributed by atoms with Crippen molar-refractivity contribution in [1.82, 2.24) is 0 Å². The summed E-state index contributed by atoms with van der Waals surface area (Å²) in [5, 5.41) is 39.6. The highest BCUT2D eigenvalue weighted by Crippen LogP contribution is 2.39. The fourth-order valence-corrected chi connectivity index (χ4v) is 5.40. The van der Waals surface area contributed by atoms with Gasteiger partial charge in [0.1, 0.15) is 0 Å². The van der Waals surface area contributed by atoms with Gasteiger partial charge in [-0.25, -0.2) is 0 Å². The van der Waals surface area contributed by atoms with Crippen molar-refractivity contribution in [2.75, 3.05) is 5.75 Å². The Hall–Kier alpha value is -0.300. The number of aliphatic hydroxyl groups is 3. The largest absolute Gasteiger partial charge is 0.481 e. The van der Waals surface area contributed by atoms with Crippen LogP contribution in [0.15, 0.2) is 0 Å². The number of aliphatic hydroxyl groups excluding tert-OH is 3. The van der Waals surface area contributed by atoms with Crippen LogP contribution in [0, 0.1) is 11.8 Å². The fourth-order valence-electron chi connectivity index (χ4n) is 3.75. The molecule has 0 bridgehead atoms. The van der Waals surface area contributed by atoms with Crippen LogP contribution in [0.1, 0.15) is 78.1 Å². The molecule has 5 nitrogen and oxygen atoms in total. The average Bonchev–Trinajstić information content (AvgIpc) is 2.86. The Balaban J connectivity index is 2.35. The minimum absolute atomic E-state index is 0.0166. The van der Waals surface area contributed by atoms with Crippen LogP contribution in [0.3, 0.4) is 0 Å². The first-order chi connectivity index (χ1) is 12.4. The van der Waals surface area contributed by atoms with Crippen molar-refractivity contribution < 1.29 is 25.2 Å². The van der Waals surface area contributed by atoms with Gasteiger partial charge in [-0.1, -0.05) is 46.0 Å². The van der Waals surface area contributed by atoms with E-state index in [0.29, 0.717) is 18.6 Å². The Labute approximate surface area is 162 Å². The highest BCUT2D eigenvalue weighted by atomic mass is 32.2. The van der Waals surface area contributed by atoms with E-state index in [2.05, 4.69) is 13.8 Å². The number of aliphatic carboxylic acids is 1. The maximum Gasteiger partial charge on any atom is 0.303 e. The van der Waals surface area contributed by atoms with Gasteiger partial charge in [0, 0.05) is 23.8 Å². The van der Waals surface area contributed by atoms with Crippen molar-refractivity contribution in [2.24, 2.45) is 11.8 Å². The number of hydrogen-bond acceptors (Lipinski definition) is 5. The second kappa shape index (κ2) is 13.0. The first kappa shape index (κ1) is 23.7. The van der Waals surface area contributed by atoms with E-state index in [4.69, 9.17) is 5.11 Å². The quantitative estimate of drug-likeness (QED) is 0.339. The molecular formula is C20H38O5S. The van der Waals surface area contributed by atoms with E-state index < -0.39 is 18.2 Å². The summed E-state index contributed by atoms with van der Waals surface area (Å²) >= 11 is 1.61. The summed E-state index contributed by atoms with van der Waals surface area (Å²) in [5.74, 6) is 0.183. The van der Waals surface area contributed by atoms with E-state index in [1.807, 2.05) is 0 Å².